The van der Waals surface area contributed by atoms with Crippen LogP contribution in [0.2, 0.25) is 0 Å². The van der Waals surface area contributed by atoms with Crippen molar-refractivity contribution in [2.45, 2.75) is 13.5 Å². The van der Waals surface area contributed by atoms with E-state index in [-0.39, 0.29) is 5.91 Å². The number of aromatic nitrogens is 5. The van der Waals surface area contributed by atoms with Crippen LogP contribution < -0.4 is 10.6 Å². The van der Waals surface area contributed by atoms with E-state index < -0.39 is 0 Å². The lowest BCUT2D eigenvalue weighted by atomic mass is 10.1. The van der Waals surface area contributed by atoms with Crippen LogP contribution in [0, 0.1) is 6.92 Å². The van der Waals surface area contributed by atoms with Gasteiger partial charge in [0.25, 0.3) is 5.91 Å². The standard InChI is InChI=1S/C33H35N9O/c1-23-4-9-28(36-32(43)25-7-5-24(6-8-25)22-42-16-14-40(2)15-17-42)19-31(23)38-33-35-12-10-29(37-33)26-18-27(21-34-20-26)30-11-13-41(3)39-30/h4-13,18-21H,14-17,22H2,1-3H3,(H,36,43)(H,35,37,38). The molecular formula is C33H35N9O. The first-order chi connectivity index (χ1) is 20.9. The number of benzene rings is 2. The van der Waals surface area contributed by atoms with E-state index in [1.807, 2.05) is 80.8 Å². The number of nitrogens with zero attached hydrogens (tertiary/aromatic N) is 7. The monoisotopic (exact) mass is 573 g/mol. The first kappa shape index (κ1) is 28.2. The fourth-order valence-electron chi connectivity index (χ4n) is 5.05. The Morgan fingerprint density at radius 3 is 2.40 bits per heavy atom. The summed E-state index contributed by atoms with van der Waals surface area (Å²) in [4.78, 5) is 31.4. The average Bonchev–Trinajstić information content (AvgIpc) is 3.47. The summed E-state index contributed by atoms with van der Waals surface area (Å²) in [5, 5.41) is 10.8. The van der Waals surface area contributed by atoms with Crippen molar-refractivity contribution >= 4 is 23.2 Å². The third kappa shape index (κ3) is 6.94. The molecule has 1 aliphatic heterocycles. The quantitative estimate of drug-likeness (QED) is 0.268. The van der Waals surface area contributed by atoms with Gasteiger partial charge in [-0.15, -0.1) is 0 Å². The summed E-state index contributed by atoms with van der Waals surface area (Å²) in [5.74, 6) is 0.294. The summed E-state index contributed by atoms with van der Waals surface area (Å²) in [6, 6.07) is 19.4. The molecular weight excluding hydrogens is 538 g/mol. The van der Waals surface area contributed by atoms with Crippen LogP contribution in [0.4, 0.5) is 17.3 Å². The van der Waals surface area contributed by atoms with Crippen molar-refractivity contribution in [3.63, 3.8) is 0 Å². The molecule has 6 rings (SSSR count). The molecule has 43 heavy (non-hydrogen) atoms. The second-order valence-corrected chi connectivity index (χ2v) is 11.0. The van der Waals surface area contributed by atoms with E-state index in [4.69, 9.17) is 4.98 Å². The summed E-state index contributed by atoms with van der Waals surface area (Å²) in [5.41, 5.74) is 7.68. The number of hydrogen-bond donors (Lipinski definition) is 2. The topological polar surface area (TPSA) is 104 Å². The van der Waals surface area contributed by atoms with E-state index >= 15 is 0 Å². The number of amides is 1. The minimum absolute atomic E-state index is 0.153. The summed E-state index contributed by atoms with van der Waals surface area (Å²) < 4.78 is 1.76. The minimum Gasteiger partial charge on any atom is -0.324 e. The first-order valence-corrected chi connectivity index (χ1v) is 14.4. The van der Waals surface area contributed by atoms with Gasteiger partial charge in [0.1, 0.15) is 0 Å². The van der Waals surface area contributed by atoms with Gasteiger partial charge in [-0.3, -0.25) is 19.4 Å². The minimum atomic E-state index is -0.153. The van der Waals surface area contributed by atoms with Crippen LogP contribution >= 0.6 is 0 Å². The van der Waals surface area contributed by atoms with Crippen molar-refractivity contribution in [2.75, 3.05) is 43.9 Å². The Bertz CT molecular complexity index is 1720. The van der Waals surface area contributed by atoms with Gasteiger partial charge in [-0.25, -0.2) is 9.97 Å². The van der Waals surface area contributed by atoms with Gasteiger partial charge in [0.05, 0.1) is 11.4 Å². The molecule has 1 aliphatic rings. The fraction of sp³-hybridized carbons (Fsp3) is 0.242. The molecule has 0 atom stereocenters. The van der Waals surface area contributed by atoms with Crippen LogP contribution in [0.5, 0.6) is 0 Å². The molecule has 0 spiro atoms. The molecule has 1 fully saturated rings. The van der Waals surface area contributed by atoms with Crippen molar-refractivity contribution in [2.24, 2.45) is 7.05 Å². The number of pyridine rings is 1. The van der Waals surface area contributed by atoms with Crippen LogP contribution in [0.25, 0.3) is 22.5 Å². The maximum absolute atomic E-state index is 13.1. The zero-order chi connectivity index (χ0) is 29.8. The number of nitrogens with one attached hydrogen (secondary N) is 2. The number of carbonyl (C=O) groups is 1. The number of carbonyl (C=O) groups excluding carboxylic acids is 1. The molecule has 218 valence electrons. The molecule has 10 heteroatoms. The molecule has 2 N–H and O–H groups in total. The van der Waals surface area contributed by atoms with Crippen molar-refractivity contribution in [3.8, 4) is 22.5 Å². The van der Waals surface area contributed by atoms with Crippen molar-refractivity contribution in [1.82, 2.24) is 34.5 Å². The second-order valence-electron chi connectivity index (χ2n) is 11.0. The van der Waals surface area contributed by atoms with Crippen LogP contribution in [0.15, 0.2) is 85.5 Å². The number of rotatable bonds is 8. The van der Waals surface area contributed by atoms with Crippen molar-refractivity contribution in [3.05, 3.63) is 102 Å². The Labute approximate surface area is 251 Å². The molecule has 0 saturated carbocycles. The number of likely N-dealkylation sites (N-methyl/N-ethyl adjacent to an activating group) is 1. The Balaban J connectivity index is 1.12. The third-order valence-corrected chi connectivity index (χ3v) is 7.66. The van der Waals surface area contributed by atoms with Gasteiger partial charge in [0.15, 0.2) is 0 Å². The van der Waals surface area contributed by atoms with Crippen LogP contribution in [0.1, 0.15) is 21.5 Å². The van der Waals surface area contributed by atoms with E-state index in [0.717, 1.165) is 66.5 Å². The maximum atomic E-state index is 13.1. The smallest absolute Gasteiger partial charge is 0.255 e. The van der Waals surface area contributed by atoms with E-state index in [1.54, 1.807) is 23.3 Å². The number of aryl methyl sites for hydroxylation is 2. The zero-order valence-electron chi connectivity index (χ0n) is 24.7. The van der Waals surface area contributed by atoms with E-state index in [9.17, 15) is 4.79 Å². The van der Waals surface area contributed by atoms with Gasteiger partial charge in [-0.05, 0) is 67.6 Å². The van der Waals surface area contributed by atoms with E-state index in [2.05, 4.69) is 42.5 Å². The van der Waals surface area contributed by atoms with E-state index in [1.165, 1.54) is 5.56 Å². The highest BCUT2D eigenvalue weighted by Crippen LogP contribution is 2.26. The molecule has 2 aromatic carbocycles. The fourth-order valence-corrected chi connectivity index (χ4v) is 5.05. The zero-order valence-corrected chi connectivity index (χ0v) is 24.7. The lowest BCUT2D eigenvalue weighted by Crippen LogP contribution is -2.43. The predicted octanol–water partition coefficient (Wildman–Crippen LogP) is 4.99. The highest BCUT2D eigenvalue weighted by atomic mass is 16.1. The number of piperazine rings is 1. The highest BCUT2D eigenvalue weighted by molar-refractivity contribution is 6.04. The van der Waals surface area contributed by atoms with Gasteiger partial charge in [-0.1, -0.05) is 18.2 Å². The maximum Gasteiger partial charge on any atom is 0.255 e. The Hall–Kier alpha value is -4.93. The lowest BCUT2D eigenvalue weighted by molar-refractivity contribution is 0.102. The molecule has 0 unspecified atom stereocenters. The van der Waals surface area contributed by atoms with Gasteiger partial charge < -0.3 is 15.5 Å². The second kappa shape index (κ2) is 12.5. The summed E-state index contributed by atoms with van der Waals surface area (Å²) in [6.07, 6.45) is 7.18. The molecule has 4 heterocycles. The van der Waals surface area contributed by atoms with E-state index in [0.29, 0.717) is 17.2 Å². The highest BCUT2D eigenvalue weighted by Gasteiger charge is 2.15. The molecule has 0 aliphatic carbocycles. The summed E-state index contributed by atoms with van der Waals surface area (Å²) in [7, 11) is 4.05. The Morgan fingerprint density at radius 2 is 1.65 bits per heavy atom. The molecule has 10 nitrogen and oxygen atoms in total. The van der Waals surface area contributed by atoms with Crippen molar-refractivity contribution < 1.29 is 4.79 Å². The van der Waals surface area contributed by atoms with Crippen LogP contribution in [-0.4, -0.2) is 73.7 Å². The molecule has 1 amide bonds. The molecule has 0 radical (unpaired) electrons. The molecule has 3 aromatic heterocycles. The van der Waals surface area contributed by atoms with Crippen LogP contribution in [-0.2, 0) is 13.6 Å². The van der Waals surface area contributed by atoms with Crippen molar-refractivity contribution in [1.29, 1.82) is 0 Å². The molecule has 1 saturated heterocycles. The number of hydrogen-bond acceptors (Lipinski definition) is 8. The third-order valence-electron chi connectivity index (χ3n) is 7.66. The van der Waals surface area contributed by atoms with Gasteiger partial charge >= 0.3 is 0 Å². The normalized spacial score (nSPS) is 14.0. The first-order valence-electron chi connectivity index (χ1n) is 14.4. The Kier molecular flexibility index (Phi) is 8.21. The van der Waals surface area contributed by atoms with Gasteiger partial charge in [0.2, 0.25) is 5.95 Å². The molecule has 5 aromatic rings. The van der Waals surface area contributed by atoms with Gasteiger partial charge in [-0.2, -0.15) is 5.10 Å². The number of anilines is 3. The van der Waals surface area contributed by atoms with Crippen LogP contribution in [0.3, 0.4) is 0 Å². The predicted molar refractivity (Wildman–Crippen MR) is 169 cm³/mol. The lowest BCUT2D eigenvalue weighted by Gasteiger charge is -2.32. The Morgan fingerprint density at radius 1 is 0.884 bits per heavy atom. The summed E-state index contributed by atoms with van der Waals surface area (Å²) >= 11 is 0. The average molecular weight is 574 g/mol. The largest absolute Gasteiger partial charge is 0.324 e. The molecule has 0 bridgehead atoms. The van der Waals surface area contributed by atoms with Gasteiger partial charge in [0, 0.05) is 92.6 Å². The SMILES string of the molecule is Cc1ccc(NC(=O)c2ccc(CN3CCN(C)CC3)cc2)cc1Nc1nccc(-c2cncc(-c3ccn(C)n3)c2)n1. The summed E-state index contributed by atoms with van der Waals surface area (Å²) in [6.45, 7) is 7.20.